The quantitative estimate of drug-likeness (QED) is 0.577. The molecule has 2 aromatic rings. The second-order valence-electron chi connectivity index (χ2n) is 3.21. The zero-order valence-electron chi connectivity index (χ0n) is 7.63. The molecule has 0 spiro atoms. The molecular weight excluding hydrogens is 148 g/mol. The van der Waals surface area contributed by atoms with Gasteiger partial charge in [-0.05, 0) is 25.0 Å². The van der Waals surface area contributed by atoms with Crippen LogP contribution in [0.5, 0.6) is 0 Å². The molecule has 2 nitrogen and oxygen atoms in total. The third kappa shape index (κ3) is 0.843. The zero-order valence-corrected chi connectivity index (χ0v) is 7.63. The minimum atomic E-state index is 1.22. The van der Waals surface area contributed by atoms with Gasteiger partial charge in [0.05, 0.1) is 11.7 Å². The third-order valence-electron chi connectivity index (χ3n) is 2.43. The molecule has 0 unspecified atom stereocenters. The highest BCUT2D eigenvalue weighted by molar-refractivity contribution is 5.82. The number of hydrogen-bond donors (Lipinski definition) is 0. The van der Waals surface area contributed by atoms with Crippen molar-refractivity contribution in [2.75, 3.05) is 0 Å². The minimum Gasteiger partial charge on any atom is -0.268 e. The first-order chi connectivity index (χ1) is 5.70. The maximum atomic E-state index is 4.21. The fourth-order valence-corrected chi connectivity index (χ4v) is 1.56. The van der Waals surface area contributed by atoms with Crippen LogP contribution in [0.2, 0.25) is 0 Å². The minimum absolute atomic E-state index is 1.22. The Balaban J connectivity index is 2.96. The first-order valence-corrected chi connectivity index (χ1v) is 4.08. The molecule has 0 radical (unpaired) electrons. The van der Waals surface area contributed by atoms with Gasteiger partial charge in [0.25, 0.3) is 0 Å². The molecule has 0 fully saturated rings. The summed E-state index contributed by atoms with van der Waals surface area (Å²) in [5.74, 6) is 0. The first kappa shape index (κ1) is 7.35. The molecular formula is C10H12N2. The average molecular weight is 160 g/mol. The van der Waals surface area contributed by atoms with Crippen LogP contribution in [0.25, 0.3) is 10.9 Å². The van der Waals surface area contributed by atoms with Crippen molar-refractivity contribution in [2.24, 2.45) is 7.05 Å². The van der Waals surface area contributed by atoms with Crippen LogP contribution in [-0.2, 0) is 7.05 Å². The molecule has 0 bridgehead atoms. The van der Waals surface area contributed by atoms with Crippen molar-refractivity contribution in [3.63, 3.8) is 0 Å². The topological polar surface area (TPSA) is 17.8 Å². The van der Waals surface area contributed by atoms with Crippen LogP contribution in [0.4, 0.5) is 0 Å². The Morgan fingerprint density at radius 2 is 2.00 bits per heavy atom. The molecule has 62 valence electrons. The highest BCUT2D eigenvalue weighted by atomic mass is 15.2. The SMILES string of the molecule is Cc1ccc2cnn(C)c2c1C. The normalized spacial score (nSPS) is 10.9. The smallest absolute Gasteiger partial charge is 0.0710 e. The third-order valence-corrected chi connectivity index (χ3v) is 2.43. The molecule has 0 atom stereocenters. The van der Waals surface area contributed by atoms with E-state index >= 15 is 0 Å². The van der Waals surface area contributed by atoms with Gasteiger partial charge in [-0.2, -0.15) is 5.10 Å². The van der Waals surface area contributed by atoms with Gasteiger partial charge >= 0.3 is 0 Å². The summed E-state index contributed by atoms with van der Waals surface area (Å²) in [6.07, 6.45) is 1.90. The Labute approximate surface area is 71.8 Å². The molecule has 1 aromatic carbocycles. The standard InChI is InChI=1S/C10H12N2/c1-7-4-5-9-6-11-12(3)10(9)8(7)2/h4-6H,1-3H3. The predicted molar refractivity (Wildman–Crippen MR) is 50.2 cm³/mol. The highest BCUT2D eigenvalue weighted by Crippen LogP contribution is 2.19. The lowest BCUT2D eigenvalue weighted by molar-refractivity contribution is 0.794. The number of fused-ring (bicyclic) bond motifs is 1. The van der Waals surface area contributed by atoms with E-state index in [1.54, 1.807) is 0 Å². The van der Waals surface area contributed by atoms with E-state index < -0.39 is 0 Å². The highest BCUT2D eigenvalue weighted by Gasteiger charge is 2.03. The van der Waals surface area contributed by atoms with Gasteiger partial charge in [-0.1, -0.05) is 12.1 Å². The van der Waals surface area contributed by atoms with Crippen molar-refractivity contribution in [3.05, 3.63) is 29.5 Å². The number of benzene rings is 1. The van der Waals surface area contributed by atoms with Crippen LogP contribution in [0.1, 0.15) is 11.1 Å². The molecule has 1 heterocycles. The predicted octanol–water partition coefficient (Wildman–Crippen LogP) is 2.19. The van der Waals surface area contributed by atoms with Gasteiger partial charge in [0.2, 0.25) is 0 Å². The molecule has 1 aromatic heterocycles. The fraction of sp³-hybridized carbons (Fsp3) is 0.300. The molecule has 0 saturated heterocycles. The van der Waals surface area contributed by atoms with Crippen LogP contribution in [-0.4, -0.2) is 9.78 Å². The van der Waals surface area contributed by atoms with E-state index in [2.05, 4.69) is 31.1 Å². The van der Waals surface area contributed by atoms with Gasteiger partial charge in [-0.25, -0.2) is 0 Å². The monoisotopic (exact) mass is 160 g/mol. The van der Waals surface area contributed by atoms with Crippen LogP contribution in [0, 0.1) is 13.8 Å². The molecule has 2 heteroatoms. The van der Waals surface area contributed by atoms with Crippen molar-refractivity contribution < 1.29 is 0 Å². The Morgan fingerprint density at radius 1 is 1.25 bits per heavy atom. The number of aryl methyl sites for hydroxylation is 3. The Kier molecular flexibility index (Phi) is 1.43. The number of hydrogen-bond acceptors (Lipinski definition) is 1. The second kappa shape index (κ2) is 2.34. The van der Waals surface area contributed by atoms with E-state index in [0.717, 1.165) is 0 Å². The molecule has 12 heavy (non-hydrogen) atoms. The summed E-state index contributed by atoms with van der Waals surface area (Å²) in [5.41, 5.74) is 3.90. The van der Waals surface area contributed by atoms with Crippen molar-refractivity contribution in [1.29, 1.82) is 0 Å². The van der Waals surface area contributed by atoms with E-state index in [-0.39, 0.29) is 0 Å². The summed E-state index contributed by atoms with van der Waals surface area (Å²) >= 11 is 0. The van der Waals surface area contributed by atoms with Crippen molar-refractivity contribution in [1.82, 2.24) is 9.78 Å². The maximum absolute atomic E-state index is 4.21. The van der Waals surface area contributed by atoms with Crippen LogP contribution >= 0.6 is 0 Å². The van der Waals surface area contributed by atoms with Gasteiger partial charge in [-0.15, -0.1) is 0 Å². The lowest BCUT2D eigenvalue weighted by Gasteiger charge is -2.02. The van der Waals surface area contributed by atoms with E-state index in [4.69, 9.17) is 0 Å². The summed E-state index contributed by atoms with van der Waals surface area (Å²) < 4.78 is 1.93. The number of nitrogens with zero attached hydrogens (tertiary/aromatic N) is 2. The molecule has 0 N–H and O–H groups in total. The largest absolute Gasteiger partial charge is 0.268 e. The van der Waals surface area contributed by atoms with Crippen molar-refractivity contribution >= 4 is 10.9 Å². The molecule has 0 aliphatic heterocycles. The van der Waals surface area contributed by atoms with Gasteiger partial charge < -0.3 is 0 Å². The number of rotatable bonds is 0. The molecule has 0 aliphatic carbocycles. The molecule has 0 amide bonds. The van der Waals surface area contributed by atoms with E-state index in [1.807, 2.05) is 17.9 Å². The maximum Gasteiger partial charge on any atom is 0.0710 e. The molecule has 2 rings (SSSR count). The molecule has 0 saturated carbocycles. The van der Waals surface area contributed by atoms with E-state index in [0.29, 0.717) is 0 Å². The average Bonchev–Trinajstić information content (AvgIpc) is 2.41. The van der Waals surface area contributed by atoms with Crippen molar-refractivity contribution in [3.8, 4) is 0 Å². The van der Waals surface area contributed by atoms with Gasteiger partial charge in [0.15, 0.2) is 0 Å². The van der Waals surface area contributed by atoms with Gasteiger partial charge in [0, 0.05) is 12.4 Å². The van der Waals surface area contributed by atoms with Crippen molar-refractivity contribution in [2.45, 2.75) is 13.8 Å². The Hall–Kier alpha value is -1.31. The lowest BCUT2D eigenvalue weighted by atomic mass is 10.1. The fourth-order valence-electron chi connectivity index (χ4n) is 1.56. The summed E-state index contributed by atoms with van der Waals surface area (Å²) in [7, 11) is 1.98. The van der Waals surface area contributed by atoms with Gasteiger partial charge in [0.1, 0.15) is 0 Å². The zero-order chi connectivity index (χ0) is 8.72. The lowest BCUT2D eigenvalue weighted by Crippen LogP contribution is -1.92. The number of aromatic nitrogens is 2. The van der Waals surface area contributed by atoms with Gasteiger partial charge in [-0.3, -0.25) is 4.68 Å². The van der Waals surface area contributed by atoms with Crippen LogP contribution in [0.15, 0.2) is 18.3 Å². The molecule has 0 aliphatic rings. The Morgan fingerprint density at radius 3 is 2.75 bits per heavy atom. The second-order valence-corrected chi connectivity index (χ2v) is 3.21. The van der Waals surface area contributed by atoms with Crippen LogP contribution < -0.4 is 0 Å². The Bertz CT molecular complexity index is 427. The van der Waals surface area contributed by atoms with Crippen LogP contribution in [0.3, 0.4) is 0 Å². The summed E-state index contributed by atoms with van der Waals surface area (Å²) in [5, 5.41) is 5.44. The summed E-state index contributed by atoms with van der Waals surface area (Å²) in [4.78, 5) is 0. The first-order valence-electron chi connectivity index (χ1n) is 4.08. The van der Waals surface area contributed by atoms with E-state index in [1.165, 1.54) is 22.0 Å². The van der Waals surface area contributed by atoms with E-state index in [9.17, 15) is 0 Å². The summed E-state index contributed by atoms with van der Waals surface area (Å²) in [6.45, 7) is 4.27. The summed E-state index contributed by atoms with van der Waals surface area (Å²) in [6, 6.07) is 4.25.